The van der Waals surface area contributed by atoms with Gasteiger partial charge in [-0.1, -0.05) is 0 Å². The summed E-state index contributed by atoms with van der Waals surface area (Å²) in [5, 5.41) is 4.97. The van der Waals surface area contributed by atoms with Crippen LogP contribution in [0.3, 0.4) is 0 Å². The smallest absolute Gasteiger partial charge is 0.296 e. The average molecular weight is 178 g/mol. The highest BCUT2D eigenvalue weighted by Crippen LogP contribution is 2.30. The number of aldehydes is 1. The molecule has 1 aromatic rings. The van der Waals surface area contributed by atoms with Crippen LogP contribution in [-0.4, -0.2) is 16.5 Å². The summed E-state index contributed by atoms with van der Waals surface area (Å²) in [5.74, 6) is 0. The first-order chi connectivity index (χ1) is 5.46. The van der Waals surface area contributed by atoms with Crippen LogP contribution in [0.1, 0.15) is 21.7 Å². The van der Waals surface area contributed by atoms with Gasteiger partial charge in [-0.25, -0.2) is 0 Å². The Bertz CT molecular complexity index is 302. The number of rotatable bonds is 1. The van der Waals surface area contributed by atoms with Gasteiger partial charge in [-0.2, -0.15) is 18.3 Å². The summed E-state index contributed by atoms with van der Waals surface area (Å²) in [6.45, 7) is 1.19. The lowest BCUT2D eigenvalue weighted by molar-refractivity contribution is -0.141. The van der Waals surface area contributed by atoms with Crippen molar-refractivity contribution in [3.8, 4) is 0 Å². The van der Waals surface area contributed by atoms with Crippen LogP contribution in [-0.2, 0) is 6.18 Å². The minimum absolute atomic E-state index is 0.137. The van der Waals surface area contributed by atoms with E-state index in [9.17, 15) is 18.0 Å². The van der Waals surface area contributed by atoms with Gasteiger partial charge in [0.05, 0.1) is 0 Å². The maximum absolute atomic E-state index is 12.0. The van der Waals surface area contributed by atoms with Gasteiger partial charge in [-0.05, 0) is 6.92 Å². The van der Waals surface area contributed by atoms with Gasteiger partial charge in [0, 0.05) is 5.56 Å². The van der Waals surface area contributed by atoms with Gasteiger partial charge in [0.25, 0.3) is 0 Å². The largest absolute Gasteiger partial charge is 0.435 e. The van der Waals surface area contributed by atoms with Crippen LogP contribution in [0.25, 0.3) is 0 Å². The van der Waals surface area contributed by atoms with E-state index in [1.807, 2.05) is 5.10 Å². The molecule has 0 unspecified atom stereocenters. The van der Waals surface area contributed by atoms with Crippen molar-refractivity contribution in [2.24, 2.45) is 0 Å². The van der Waals surface area contributed by atoms with Gasteiger partial charge >= 0.3 is 6.18 Å². The molecule has 1 aromatic heterocycles. The maximum Gasteiger partial charge on any atom is 0.435 e. The van der Waals surface area contributed by atoms with Crippen molar-refractivity contribution in [2.45, 2.75) is 13.1 Å². The molecule has 0 fully saturated rings. The van der Waals surface area contributed by atoms with Crippen molar-refractivity contribution in [1.82, 2.24) is 10.2 Å². The Morgan fingerprint density at radius 3 is 2.33 bits per heavy atom. The number of carbonyl (C=O) groups excluding carboxylic acids is 1. The monoisotopic (exact) mass is 178 g/mol. The highest BCUT2D eigenvalue weighted by Gasteiger charge is 2.36. The fourth-order valence-corrected chi connectivity index (χ4v) is 0.802. The molecular formula is C6H5F3N2O. The molecule has 3 nitrogen and oxygen atoms in total. The number of halogens is 3. The lowest BCUT2D eigenvalue weighted by Gasteiger charge is -2.01. The summed E-state index contributed by atoms with van der Waals surface area (Å²) in [6.07, 6.45) is -4.20. The summed E-state index contributed by atoms with van der Waals surface area (Å²) < 4.78 is 36.0. The van der Waals surface area contributed by atoms with E-state index in [0.29, 0.717) is 6.29 Å². The number of hydrogen-bond acceptors (Lipinski definition) is 2. The maximum atomic E-state index is 12.0. The zero-order valence-electron chi connectivity index (χ0n) is 6.07. The fraction of sp³-hybridized carbons (Fsp3) is 0.333. The number of aromatic nitrogens is 2. The number of hydrogen-bond donors (Lipinski definition) is 1. The third-order valence-corrected chi connectivity index (χ3v) is 1.43. The molecule has 0 aliphatic carbocycles. The second kappa shape index (κ2) is 2.62. The van der Waals surface area contributed by atoms with Crippen molar-refractivity contribution in [3.05, 3.63) is 17.0 Å². The first kappa shape index (κ1) is 8.76. The molecule has 0 radical (unpaired) electrons. The number of H-pyrrole nitrogens is 1. The topological polar surface area (TPSA) is 45.8 Å². The second-order valence-electron chi connectivity index (χ2n) is 2.23. The molecule has 12 heavy (non-hydrogen) atoms. The van der Waals surface area contributed by atoms with Crippen LogP contribution in [0.4, 0.5) is 13.2 Å². The van der Waals surface area contributed by atoms with Crippen LogP contribution < -0.4 is 0 Å². The minimum Gasteiger partial charge on any atom is -0.296 e. The number of nitrogens with one attached hydrogen (secondary N) is 1. The van der Waals surface area contributed by atoms with Crippen LogP contribution in [0.5, 0.6) is 0 Å². The molecule has 1 heterocycles. The van der Waals surface area contributed by atoms with E-state index in [1.54, 1.807) is 0 Å². The van der Waals surface area contributed by atoms with E-state index in [4.69, 9.17) is 0 Å². The molecule has 1 N–H and O–H groups in total. The molecule has 0 saturated heterocycles. The molecule has 0 aliphatic rings. The third-order valence-electron chi connectivity index (χ3n) is 1.43. The van der Waals surface area contributed by atoms with E-state index < -0.39 is 11.9 Å². The van der Waals surface area contributed by atoms with E-state index in [2.05, 4.69) is 5.10 Å². The highest BCUT2D eigenvalue weighted by atomic mass is 19.4. The van der Waals surface area contributed by atoms with Gasteiger partial charge in [0.2, 0.25) is 0 Å². The highest BCUT2D eigenvalue weighted by molar-refractivity contribution is 5.74. The molecule has 0 atom stereocenters. The Balaban J connectivity index is 3.19. The minimum atomic E-state index is -4.50. The molecule has 0 aliphatic heterocycles. The van der Waals surface area contributed by atoms with E-state index >= 15 is 0 Å². The van der Waals surface area contributed by atoms with Crippen LogP contribution in [0.2, 0.25) is 0 Å². The van der Waals surface area contributed by atoms with Gasteiger partial charge in [-0.3, -0.25) is 9.89 Å². The Hall–Kier alpha value is -1.33. The van der Waals surface area contributed by atoms with E-state index in [0.717, 1.165) is 0 Å². The molecule has 0 saturated carbocycles. The van der Waals surface area contributed by atoms with E-state index in [-0.39, 0.29) is 11.3 Å². The van der Waals surface area contributed by atoms with Crippen molar-refractivity contribution < 1.29 is 18.0 Å². The Labute approximate surface area is 65.6 Å². The summed E-state index contributed by atoms with van der Waals surface area (Å²) in [6, 6.07) is 0. The summed E-state index contributed by atoms with van der Waals surface area (Å²) in [4.78, 5) is 10.1. The molecule has 1 rings (SSSR count). The van der Waals surface area contributed by atoms with Gasteiger partial charge in [0.1, 0.15) is 5.69 Å². The molecule has 0 amide bonds. The number of aromatic amines is 1. The number of carbonyl (C=O) groups is 1. The quantitative estimate of drug-likeness (QED) is 0.663. The zero-order chi connectivity index (χ0) is 9.35. The summed E-state index contributed by atoms with van der Waals surface area (Å²) in [5.41, 5.74) is -1.34. The first-order valence-corrected chi connectivity index (χ1v) is 3.04. The predicted molar refractivity (Wildman–Crippen MR) is 33.7 cm³/mol. The molecule has 0 aromatic carbocycles. The number of alkyl halides is 3. The second-order valence-corrected chi connectivity index (χ2v) is 2.23. The van der Waals surface area contributed by atoms with Gasteiger partial charge in [-0.15, -0.1) is 0 Å². The average Bonchev–Trinajstić information content (AvgIpc) is 2.29. The van der Waals surface area contributed by atoms with Crippen molar-refractivity contribution in [1.29, 1.82) is 0 Å². The van der Waals surface area contributed by atoms with Gasteiger partial charge < -0.3 is 0 Å². The third kappa shape index (κ3) is 1.32. The Morgan fingerprint density at radius 2 is 2.08 bits per heavy atom. The molecule has 0 spiro atoms. The normalized spacial score (nSPS) is 11.7. The lowest BCUT2D eigenvalue weighted by atomic mass is 10.2. The summed E-state index contributed by atoms with van der Waals surface area (Å²) in [7, 11) is 0. The Morgan fingerprint density at radius 1 is 1.50 bits per heavy atom. The molecule has 66 valence electrons. The van der Waals surface area contributed by atoms with E-state index in [1.165, 1.54) is 6.92 Å². The molecule has 0 bridgehead atoms. The predicted octanol–water partition coefficient (Wildman–Crippen LogP) is 1.55. The lowest BCUT2D eigenvalue weighted by Crippen LogP contribution is -2.07. The zero-order valence-corrected chi connectivity index (χ0v) is 6.07. The van der Waals surface area contributed by atoms with Crippen LogP contribution in [0, 0.1) is 6.92 Å². The van der Waals surface area contributed by atoms with Crippen LogP contribution >= 0.6 is 0 Å². The van der Waals surface area contributed by atoms with Crippen molar-refractivity contribution >= 4 is 6.29 Å². The SMILES string of the molecule is Cc1c(C(F)(F)F)n[nH]c1C=O. The standard InChI is InChI=1S/C6H5F3N2O/c1-3-4(2-12)10-11-5(3)6(7,8)9/h2H,1H3,(H,10,11). The Kier molecular flexibility index (Phi) is 1.91. The van der Waals surface area contributed by atoms with Crippen molar-refractivity contribution in [2.75, 3.05) is 0 Å². The fourth-order valence-electron chi connectivity index (χ4n) is 0.802. The summed E-state index contributed by atoms with van der Waals surface area (Å²) >= 11 is 0. The molecular weight excluding hydrogens is 173 g/mol. The number of nitrogens with zero attached hydrogens (tertiary/aromatic N) is 1. The van der Waals surface area contributed by atoms with Crippen molar-refractivity contribution in [3.63, 3.8) is 0 Å². The first-order valence-electron chi connectivity index (χ1n) is 3.04. The van der Waals surface area contributed by atoms with Gasteiger partial charge in [0.15, 0.2) is 12.0 Å². The van der Waals surface area contributed by atoms with Crippen LogP contribution in [0.15, 0.2) is 0 Å². The molecule has 6 heteroatoms.